The van der Waals surface area contributed by atoms with E-state index >= 15 is 0 Å². The number of nitrogens with one attached hydrogen (secondary N) is 1. The van der Waals surface area contributed by atoms with Gasteiger partial charge in [-0.15, -0.1) is 0 Å². The van der Waals surface area contributed by atoms with Crippen LogP contribution in [0.5, 0.6) is 0 Å². The first-order valence-corrected chi connectivity index (χ1v) is 9.65. The lowest BCUT2D eigenvalue weighted by atomic mass is 9.98. The normalized spacial score (nSPS) is 21.5. The molecule has 5 heteroatoms. The largest absolute Gasteiger partial charge is 0.477 e. The molecule has 1 aliphatic carbocycles. The maximum absolute atomic E-state index is 12.5. The quantitative estimate of drug-likeness (QED) is 0.427. The van der Waals surface area contributed by atoms with Gasteiger partial charge in [0.2, 0.25) is 5.91 Å². The van der Waals surface area contributed by atoms with Crippen LogP contribution in [-0.4, -0.2) is 17.0 Å². The number of carboxylic acid groups (broad SMARTS) is 1. The van der Waals surface area contributed by atoms with Crippen LogP contribution >= 0.6 is 11.8 Å². The van der Waals surface area contributed by atoms with Crippen molar-refractivity contribution in [1.82, 2.24) is 5.32 Å². The van der Waals surface area contributed by atoms with Crippen LogP contribution in [0.25, 0.3) is 0 Å². The van der Waals surface area contributed by atoms with Crippen LogP contribution in [-0.2, 0) is 9.59 Å². The van der Waals surface area contributed by atoms with E-state index in [1.165, 1.54) is 0 Å². The number of aliphatic carboxylic acids is 1. The van der Waals surface area contributed by atoms with E-state index in [9.17, 15) is 14.7 Å². The maximum Gasteiger partial charge on any atom is 0.344 e. The molecular formula is C20H29NO3S. The third-order valence-corrected chi connectivity index (χ3v) is 5.23. The van der Waals surface area contributed by atoms with Crippen LogP contribution < -0.4 is 5.32 Å². The molecule has 2 N–H and O–H groups in total. The van der Waals surface area contributed by atoms with Crippen LogP contribution in [0, 0.1) is 29.6 Å². The van der Waals surface area contributed by atoms with Gasteiger partial charge in [0.1, 0.15) is 4.91 Å². The summed E-state index contributed by atoms with van der Waals surface area (Å²) < 4.78 is 0. The Morgan fingerprint density at radius 1 is 1.24 bits per heavy atom. The Morgan fingerprint density at radius 2 is 1.92 bits per heavy atom. The molecule has 1 fully saturated rings. The lowest BCUT2D eigenvalue weighted by Gasteiger charge is -2.16. The number of amides is 1. The molecule has 1 aliphatic rings. The van der Waals surface area contributed by atoms with Crippen molar-refractivity contribution >= 4 is 23.6 Å². The van der Waals surface area contributed by atoms with Crippen LogP contribution in [0.3, 0.4) is 0 Å². The van der Waals surface area contributed by atoms with Crippen LogP contribution in [0.1, 0.15) is 59.8 Å². The standard InChI is InChI=1S/C20H29NO3S/c1-13(2)9-11-15(4)25-18(20(23)24)16(5)21-19(22)17-8-6-7-14(3)10-12-17/h13-14,17H,4,6-8,10,12H2,1-3,5H3,(H,21,22)(H,23,24)/b18-16+/t14-,17-/m1/s1. The molecule has 25 heavy (non-hydrogen) atoms. The highest BCUT2D eigenvalue weighted by atomic mass is 32.2. The van der Waals surface area contributed by atoms with Gasteiger partial charge < -0.3 is 10.4 Å². The molecule has 0 unspecified atom stereocenters. The van der Waals surface area contributed by atoms with Gasteiger partial charge in [0.25, 0.3) is 0 Å². The van der Waals surface area contributed by atoms with E-state index in [1.807, 2.05) is 13.8 Å². The Bertz CT molecular complexity index is 610. The van der Waals surface area contributed by atoms with Gasteiger partial charge in [-0.1, -0.05) is 63.8 Å². The first kappa shape index (κ1) is 21.4. The molecule has 0 bridgehead atoms. The zero-order chi connectivity index (χ0) is 19.0. The van der Waals surface area contributed by atoms with Crippen molar-refractivity contribution in [3.8, 4) is 11.8 Å². The molecule has 0 aromatic carbocycles. The highest BCUT2D eigenvalue weighted by molar-refractivity contribution is 8.07. The summed E-state index contributed by atoms with van der Waals surface area (Å²) in [7, 11) is 0. The minimum Gasteiger partial charge on any atom is -0.477 e. The molecule has 0 spiro atoms. The fraction of sp³-hybridized carbons (Fsp3) is 0.600. The molecule has 1 saturated carbocycles. The summed E-state index contributed by atoms with van der Waals surface area (Å²) in [6, 6.07) is 0. The first-order chi connectivity index (χ1) is 11.7. The van der Waals surface area contributed by atoms with E-state index in [4.69, 9.17) is 0 Å². The van der Waals surface area contributed by atoms with Gasteiger partial charge in [0.05, 0.1) is 4.91 Å². The van der Waals surface area contributed by atoms with Crippen molar-refractivity contribution in [2.24, 2.45) is 17.8 Å². The number of allylic oxidation sites excluding steroid dienone is 2. The molecule has 1 rings (SSSR count). The van der Waals surface area contributed by atoms with Crippen LogP contribution in [0.15, 0.2) is 22.1 Å². The Kier molecular flexibility index (Phi) is 8.85. The fourth-order valence-corrected chi connectivity index (χ4v) is 3.39. The number of rotatable bonds is 5. The Morgan fingerprint density at radius 3 is 2.52 bits per heavy atom. The molecule has 0 aromatic heterocycles. The highest BCUT2D eigenvalue weighted by Crippen LogP contribution is 2.29. The summed E-state index contributed by atoms with van der Waals surface area (Å²) in [5, 5.41) is 12.2. The zero-order valence-electron chi connectivity index (χ0n) is 15.6. The smallest absolute Gasteiger partial charge is 0.344 e. The van der Waals surface area contributed by atoms with Crippen molar-refractivity contribution < 1.29 is 14.7 Å². The number of carboxylic acids is 1. The van der Waals surface area contributed by atoms with Gasteiger partial charge in [-0.2, -0.15) is 0 Å². The van der Waals surface area contributed by atoms with Crippen molar-refractivity contribution in [3.05, 3.63) is 22.1 Å². The lowest BCUT2D eigenvalue weighted by molar-refractivity contribution is -0.131. The number of carbonyl (C=O) groups excluding carboxylic acids is 1. The average Bonchev–Trinajstić information content (AvgIpc) is 2.74. The second-order valence-electron chi connectivity index (χ2n) is 7.01. The van der Waals surface area contributed by atoms with Crippen molar-refractivity contribution in [2.45, 2.75) is 59.8 Å². The second kappa shape index (κ2) is 10.4. The average molecular weight is 364 g/mol. The molecule has 2 atom stereocenters. The fourth-order valence-electron chi connectivity index (χ4n) is 2.75. The van der Waals surface area contributed by atoms with Crippen LogP contribution in [0.2, 0.25) is 0 Å². The number of carbonyl (C=O) groups is 2. The third-order valence-electron chi connectivity index (χ3n) is 4.20. The number of hydrogen-bond acceptors (Lipinski definition) is 3. The molecule has 4 nitrogen and oxygen atoms in total. The van der Waals surface area contributed by atoms with E-state index in [2.05, 4.69) is 30.7 Å². The van der Waals surface area contributed by atoms with Crippen molar-refractivity contribution in [2.75, 3.05) is 0 Å². The van der Waals surface area contributed by atoms with Gasteiger partial charge in [0, 0.05) is 17.5 Å². The Hall–Kier alpha value is -1.67. The molecule has 138 valence electrons. The molecule has 0 aromatic rings. The summed E-state index contributed by atoms with van der Waals surface area (Å²) in [4.78, 5) is 24.6. The van der Waals surface area contributed by atoms with E-state index in [1.54, 1.807) is 6.92 Å². The number of hydrogen-bond donors (Lipinski definition) is 2. The lowest BCUT2D eigenvalue weighted by Crippen LogP contribution is -2.30. The summed E-state index contributed by atoms with van der Waals surface area (Å²) in [6.07, 6.45) is 4.98. The molecule has 0 aliphatic heterocycles. The molecule has 0 radical (unpaired) electrons. The van der Waals surface area contributed by atoms with E-state index in [-0.39, 0.29) is 22.6 Å². The van der Waals surface area contributed by atoms with E-state index in [0.717, 1.165) is 43.9 Å². The number of thioether (sulfide) groups is 1. The summed E-state index contributed by atoms with van der Waals surface area (Å²) in [5.41, 5.74) is 0.354. The van der Waals surface area contributed by atoms with Crippen LogP contribution in [0.4, 0.5) is 0 Å². The third kappa shape index (κ3) is 7.83. The molecular weight excluding hydrogens is 334 g/mol. The first-order valence-electron chi connectivity index (χ1n) is 8.84. The predicted molar refractivity (Wildman–Crippen MR) is 104 cm³/mol. The molecule has 0 saturated heterocycles. The monoisotopic (exact) mass is 363 g/mol. The maximum atomic E-state index is 12.5. The van der Waals surface area contributed by atoms with Crippen molar-refractivity contribution in [1.29, 1.82) is 0 Å². The predicted octanol–water partition coefficient (Wildman–Crippen LogP) is 4.54. The van der Waals surface area contributed by atoms with Gasteiger partial charge in [0.15, 0.2) is 0 Å². The minimum absolute atomic E-state index is 0.0381. The van der Waals surface area contributed by atoms with Gasteiger partial charge in [-0.25, -0.2) is 4.79 Å². The topological polar surface area (TPSA) is 66.4 Å². The summed E-state index contributed by atoms with van der Waals surface area (Å²) in [5.74, 6) is 5.47. The van der Waals surface area contributed by atoms with E-state index < -0.39 is 5.97 Å². The Labute approximate surface area is 155 Å². The van der Waals surface area contributed by atoms with Gasteiger partial charge in [-0.05, 0) is 32.1 Å². The Balaban J connectivity index is 2.80. The minimum atomic E-state index is -1.08. The zero-order valence-corrected chi connectivity index (χ0v) is 16.5. The van der Waals surface area contributed by atoms with Gasteiger partial charge >= 0.3 is 5.97 Å². The van der Waals surface area contributed by atoms with Crippen molar-refractivity contribution in [3.63, 3.8) is 0 Å². The summed E-state index contributed by atoms with van der Waals surface area (Å²) >= 11 is 0.993. The van der Waals surface area contributed by atoms with E-state index in [0.29, 0.717) is 16.5 Å². The van der Waals surface area contributed by atoms with Gasteiger partial charge in [-0.3, -0.25) is 4.79 Å². The SMILES string of the molecule is C=C(C#CC(C)C)S/C(C(=O)O)=C(\C)NC(=O)[C@@H]1CCC[C@@H](C)CC1. The second-order valence-corrected chi connectivity index (χ2v) is 8.11. The highest BCUT2D eigenvalue weighted by Gasteiger charge is 2.24. The molecule has 0 heterocycles. The summed E-state index contributed by atoms with van der Waals surface area (Å²) in [6.45, 7) is 11.6. The molecule has 1 amide bonds.